The van der Waals surface area contributed by atoms with Crippen molar-refractivity contribution in [3.8, 4) is 0 Å². The van der Waals surface area contributed by atoms with Crippen molar-refractivity contribution in [1.82, 2.24) is 10.2 Å². The number of H-pyrrole nitrogens is 1. The van der Waals surface area contributed by atoms with Crippen molar-refractivity contribution in [2.24, 2.45) is 17.8 Å². The molecule has 0 radical (unpaired) electrons. The molecule has 0 amide bonds. The minimum absolute atomic E-state index is 0.336. The van der Waals surface area contributed by atoms with Crippen LogP contribution in [0.3, 0.4) is 0 Å². The monoisotopic (exact) mass is 230 g/mol. The molecule has 90 valence electrons. The van der Waals surface area contributed by atoms with E-state index in [2.05, 4.69) is 10.2 Å². The van der Waals surface area contributed by atoms with Crippen LogP contribution in [0.4, 0.5) is 0 Å². The first-order valence-electron chi connectivity index (χ1n) is 6.78. The third-order valence-corrected chi connectivity index (χ3v) is 5.33. The van der Waals surface area contributed by atoms with Gasteiger partial charge in [-0.25, -0.2) is 0 Å². The molecular weight excluding hydrogens is 212 g/mol. The molecule has 1 aromatic rings. The van der Waals surface area contributed by atoms with E-state index in [-0.39, 0.29) is 0 Å². The topological polar surface area (TPSA) is 45.8 Å². The number of carbonyl (C=O) groups is 1. The number of hydrogen-bond donors (Lipinski definition) is 1. The number of aromatic nitrogens is 2. The molecule has 5 rings (SSSR count). The van der Waals surface area contributed by atoms with Crippen molar-refractivity contribution in [2.75, 3.05) is 0 Å². The maximum absolute atomic E-state index is 10.8. The molecule has 1 N–H and O–H groups in total. The smallest absolute Gasteiger partial charge is 0.170 e. The van der Waals surface area contributed by atoms with Crippen LogP contribution in [0.25, 0.3) is 0 Å². The number of aldehydes is 1. The van der Waals surface area contributed by atoms with E-state index in [4.69, 9.17) is 0 Å². The van der Waals surface area contributed by atoms with E-state index in [0.29, 0.717) is 11.1 Å². The summed E-state index contributed by atoms with van der Waals surface area (Å²) < 4.78 is 0. The molecule has 0 unspecified atom stereocenters. The first-order valence-corrected chi connectivity index (χ1v) is 6.78. The SMILES string of the molecule is O=Cc1cc(C23CC4CC(CC(C4)C2)C3)[nH]n1. The highest BCUT2D eigenvalue weighted by Gasteiger charge is 2.52. The van der Waals surface area contributed by atoms with Crippen LogP contribution in [0.5, 0.6) is 0 Å². The number of nitrogens with one attached hydrogen (secondary N) is 1. The lowest BCUT2D eigenvalue weighted by molar-refractivity contribution is -0.00721. The van der Waals surface area contributed by atoms with Crippen molar-refractivity contribution in [2.45, 2.75) is 43.9 Å². The van der Waals surface area contributed by atoms with Crippen LogP contribution < -0.4 is 0 Å². The van der Waals surface area contributed by atoms with Gasteiger partial charge in [0.15, 0.2) is 6.29 Å². The Morgan fingerprint density at radius 3 is 2.24 bits per heavy atom. The molecule has 4 bridgehead atoms. The Morgan fingerprint density at radius 1 is 1.18 bits per heavy atom. The fourth-order valence-corrected chi connectivity index (χ4v) is 5.11. The highest BCUT2D eigenvalue weighted by molar-refractivity contribution is 5.71. The van der Waals surface area contributed by atoms with Gasteiger partial charge in [-0.15, -0.1) is 0 Å². The Morgan fingerprint density at radius 2 is 1.76 bits per heavy atom. The van der Waals surface area contributed by atoms with Crippen LogP contribution in [0.1, 0.15) is 54.7 Å². The third kappa shape index (κ3) is 1.34. The molecule has 4 aliphatic rings. The number of carbonyl (C=O) groups excluding carboxylic acids is 1. The number of aromatic amines is 1. The third-order valence-electron chi connectivity index (χ3n) is 5.33. The van der Waals surface area contributed by atoms with Crippen LogP contribution >= 0.6 is 0 Å². The summed E-state index contributed by atoms with van der Waals surface area (Å²) in [5.74, 6) is 2.80. The fraction of sp³-hybridized carbons (Fsp3) is 0.714. The predicted octanol–water partition coefficient (Wildman–Crippen LogP) is 2.69. The van der Waals surface area contributed by atoms with Gasteiger partial charge < -0.3 is 0 Å². The second kappa shape index (κ2) is 3.21. The van der Waals surface area contributed by atoms with E-state index in [1.165, 1.54) is 44.2 Å². The van der Waals surface area contributed by atoms with Crippen molar-refractivity contribution in [3.63, 3.8) is 0 Å². The number of hydrogen-bond acceptors (Lipinski definition) is 2. The lowest BCUT2D eigenvalue weighted by Gasteiger charge is -2.56. The summed E-state index contributed by atoms with van der Waals surface area (Å²) in [6.07, 6.45) is 9.16. The Bertz CT molecular complexity index is 427. The summed E-state index contributed by atoms with van der Waals surface area (Å²) in [6, 6.07) is 1.99. The van der Waals surface area contributed by atoms with Crippen molar-refractivity contribution in [3.05, 3.63) is 17.5 Å². The highest BCUT2D eigenvalue weighted by atomic mass is 16.1. The molecule has 0 spiro atoms. The van der Waals surface area contributed by atoms with Gasteiger partial charge in [0.1, 0.15) is 5.69 Å². The Kier molecular flexibility index (Phi) is 1.86. The molecule has 0 atom stereocenters. The van der Waals surface area contributed by atoms with Crippen LogP contribution in [0.2, 0.25) is 0 Å². The summed E-state index contributed by atoms with van der Waals surface area (Å²) in [4.78, 5) is 10.8. The highest BCUT2D eigenvalue weighted by Crippen LogP contribution is 2.60. The van der Waals surface area contributed by atoms with Gasteiger partial charge in [0.25, 0.3) is 0 Å². The molecule has 3 nitrogen and oxygen atoms in total. The van der Waals surface area contributed by atoms with Gasteiger partial charge in [-0.3, -0.25) is 9.89 Å². The minimum Gasteiger partial charge on any atom is -0.296 e. The fourth-order valence-electron chi connectivity index (χ4n) is 5.11. The van der Waals surface area contributed by atoms with Crippen molar-refractivity contribution in [1.29, 1.82) is 0 Å². The summed E-state index contributed by atoms with van der Waals surface area (Å²) in [6.45, 7) is 0. The van der Waals surface area contributed by atoms with Crippen LogP contribution in [0, 0.1) is 17.8 Å². The zero-order valence-corrected chi connectivity index (χ0v) is 9.98. The van der Waals surface area contributed by atoms with Gasteiger partial charge in [0.2, 0.25) is 0 Å². The molecule has 17 heavy (non-hydrogen) atoms. The van der Waals surface area contributed by atoms with Crippen molar-refractivity contribution >= 4 is 6.29 Å². The van der Waals surface area contributed by atoms with Gasteiger partial charge in [-0.1, -0.05) is 0 Å². The first kappa shape index (κ1) is 9.86. The van der Waals surface area contributed by atoms with E-state index in [1.54, 1.807) is 0 Å². The minimum atomic E-state index is 0.336. The van der Waals surface area contributed by atoms with E-state index in [9.17, 15) is 4.79 Å². The average Bonchev–Trinajstić information content (AvgIpc) is 2.76. The largest absolute Gasteiger partial charge is 0.296 e. The summed E-state index contributed by atoms with van der Waals surface area (Å²) in [5.41, 5.74) is 2.14. The maximum atomic E-state index is 10.8. The maximum Gasteiger partial charge on any atom is 0.170 e. The molecule has 0 saturated heterocycles. The van der Waals surface area contributed by atoms with Crippen LogP contribution in [-0.2, 0) is 5.41 Å². The lowest BCUT2D eigenvalue weighted by Crippen LogP contribution is -2.48. The van der Waals surface area contributed by atoms with Gasteiger partial charge in [0, 0.05) is 11.1 Å². The predicted molar refractivity (Wildman–Crippen MR) is 63.8 cm³/mol. The van der Waals surface area contributed by atoms with Crippen LogP contribution in [0.15, 0.2) is 6.07 Å². The second-order valence-corrected chi connectivity index (χ2v) is 6.52. The normalized spacial score (nSPS) is 42.9. The standard InChI is InChI=1S/C14H18N2O/c17-8-12-4-13(16-15-12)14-5-9-1-10(6-14)3-11(2-9)7-14/h4,8-11H,1-3,5-7H2,(H,15,16). The quantitative estimate of drug-likeness (QED) is 0.794. The van der Waals surface area contributed by atoms with E-state index >= 15 is 0 Å². The second-order valence-electron chi connectivity index (χ2n) is 6.52. The van der Waals surface area contributed by atoms with Crippen molar-refractivity contribution < 1.29 is 4.79 Å². The Labute approximate surface area is 101 Å². The molecule has 0 aromatic carbocycles. The number of rotatable bonds is 2. The zero-order chi connectivity index (χ0) is 11.5. The van der Waals surface area contributed by atoms with E-state index in [1.807, 2.05) is 6.07 Å². The average molecular weight is 230 g/mol. The molecule has 1 heterocycles. The van der Waals surface area contributed by atoms with Gasteiger partial charge >= 0.3 is 0 Å². The molecule has 1 aromatic heterocycles. The van der Waals surface area contributed by atoms with Gasteiger partial charge in [0.05, 0.1) is 0 Å². The van der Waals surface area contributed by atoms with E-state index in [0.717, 1.165) is 24.0 Å². The molecular formula is C14H18N2O. The molecule has 4 fully saturated rings. The molecule has 4 aliphatic carbocycles. The Balaban J connectivity index is 1.74. The lowest BCUT2D eigenvalue weighted by atomic mass is 9.49. The Hall–Kier alpha value is -1.12. The molecule has 4 saturated carbocycles. The summed E-state index contributed by atoms with van der Waals surface area (Å²) >= 11 is 0. The number of nitrogens with zero attached hydrogens (tertiary/aromatic N) is 1. The molecule has 0 aliphatic heterocycles. The molecule has 3 heteroatoms. The van der Waals surface area contributed by atoms with Gasteiger partial charge in [-0.05, 0) is 62.3 Å². The summed E-state index contributed by atoms with van der Waals surface area (Å²) in [7, 11) is 0. The zero-order valence-electron chi connectivity index (χ0n) is 9.98. The van der Waals surface area contributed by atoms with Crippen LogP contribution in [-0.4, -0.2) is 16.5 Å². The van der Waals surface area contributed by atoms with Gasteiger partial charge in [-0.2, -0.15) is 5.10 Å². The summed E-state index contributed by atoms with van der Waals surface area (Å²) in [5, 5.41) is 7.23. The van der Waals surface area contributed by atoms with E-state index < -0.39 is 0 Å². The first-order chi connectivity index (χ1) is 8.27.